The van der Waals surface area contributed by atoms with Crippen molar-refractivity contribution in [3.05, 3.63) is 40.9 Å². The standard InChI is InChI=1S/C17H16N2O4S/c1-10(16(21)23-3)19-15(20)14(24-17(19)22)8-11-9-18(2)13-7-5-4-6-12(11)13/h4-10H,1-3H3/b14-8-/t10-/m1/s1. The highest BCUT2D eigenvalue weighted by Gasteiger charge is 2.41. The van der Waals surface area contributed by atoms with Crippen molar-refractivity contribution in [3.8, 4) is 0 Å². The molecular weight excluding hydrogens is 328 g/mol. The van der Waals surface area contributed by atoms with E-state index in [0.29, 0.717) is 4.91 Å². The predicted octanol–water partition coefficient (Wildman–Crippen LogP) is 2.78. The summed E-state index contributed by atoms with van der Waals surface area (Å²) in [5.41, 5.74) is 1.88. The van der Waals surface area contributed by atoms with Crippen LogP contribution in [0.1, 0.15) is 12.5 Å². The number of carbonyl (C=O) groups is 3. The maximum absolute atomic E-state index is 12.5. The number of fused-ring (bicyclic) bond motifs is 1. The second-order valence-electron chi connectivity index (χ2n) is 5.46. The van der Waals surface area contributed by atoms with Gasteiger partial charge in [0.2, 0.25) is 0 Å². The van der Waals surface area contributed by atoms with E-state index in [9.17, 15) is 14.4 Å². The lowest BCUT2D eigenvalue weighted by atomic mass is 10.1. The molecule has 7 heteroatoms. The van der Waals surface area contributed by atoms with Crippen LogP contribution in [0, 0.1) is 0 Å². The molecular formula is C17H16N2O4S. The van der Waals surface area contributed by atoms with Gasteiger partial charge in [0.15, 0.2) is 0 Å². The number of amides is 2. The molecule has 1 aromatic heterocycles. The molecule has 1 aromatic carbocycles. The quantitative estimate of drug-likeness (QED) is 0.633. The Balaban J connectivity index is 1.98. The normalized spacial score (nSPS) is 17.8. The minimum Gasteiger partial charge on any atom is -0.467 e. The third-order valence-corrected chi connectivity index (χ3v) is 4.85. The monoisotopic (exact) mass is 344 g/mol. The van der Waals surface area contributed by atoms with Crippen molar-refractivity contribution in [2.45, 2.75) is 13.0 Å². The zero-order valence-electron chi connectivity index (χ0n) is 13.5. The second kappa shape index (κ2) is 6.16. The molecule has 6 nitrogen and oxygen atoms in total. The zero-order chi connectivity index (χ0) is 17.4. The van der Waals surface area contributed by atoms with Gasteiger partial charge in [0.05, 0.1) is 12.0 Å². The molecule has 24 heavy (non-hydrogen) atoms. The van der Waals surface area contributed by atoms with E-state index in [4.69, 9.17) is 0 Å². The second-order valence-corrected chi connectivity index (χ2v) is 6.46. The lowest BCUT2D eigenvalue weighted by molar-refractivity contribution is -0.148. The van der Waals surface area contributed by atoms with Gasteiger partial charge in [-0.3, -0.25) is 14.5 Å². The maximum Gasteiger partial charge on any atom is 0.328 e. The number of benzene rings is 1. The summed E-state index contributed by atoms with van der Waals surface area (Å²) in [6.07, 6.45) is 3.60. The van der Waals surface area contributed by atoms with E-state index >= 15 is 0 Å². The van der Waals surface area contributed by atoms with Crippen LogP contribution in [-0.4, -0.2) is 39.7 Å². The Morgan fingerprint density at radius 3 is 2.71 bits per heavy atom. The van der Waals surface area contributed by atoms with E-state index in [2.05, 4.69) is 4.74 Å². The van der Waals surface area contributed by atoms with Gasteiger partial charge in [-0.2, -0.15) is 0 Å². The number of para-hydroxylation sites is 1. The topological polar surface area (TPSA) is 68.6 Å². The van der Waals surface area contributed by atoms with Crippen LogP contribution in [0.15, 0.2) is 35.4 Å². The summed E-state index contributed by atoms with van der Waals surface area (Å²) in [5.74, 6) is -1.10. The number of methoxy groups -OCH3 is 1. The number of hydrogen-bond acceptors (Lipinski definition) is 5. The van der Waals surface area contributed by atoms with E-state index in [1.807, 2.05) is 42.1 Å². The predicted molar refractivity (Wildman–Crippen MR) is 92.2 cm³/mol. The van der Waals surface area contributed by atoms with Crippen molar-refractivity contribution in [1.29, 1.82) is 0 Å². The molecule has 1 aliphatic heterocycles. The molecule has 0 radical (unpaired) electrons. The van der Waals surface area contributed by atoms with Gasteiger partial charge in [-0.05, 0) is 30.8 Å². The zero-order valence-corrected chi connectivity index (χ0v) is 14.3. The van der Waals surface area contributed by atoms with Gasteiger partial charge in [0.1, 0.15) is 6.04 Å². The van der Waals surface area contributed by atoms with Crippen molar-refractivity contribution < 1.29 is 19.1 Å². The van der Waals surface area contributed by atoms with Crippen LogP contribution in [0.25, 0.3) is 17.0 Å². The molecule has 124 valence electrons. The smallest absolute Gasteiger partial charge is 0.328 e. The number of carbonyl (C=O) groups excluding carboxylic acids is 3. The fourth-order valence-electron chi connectivity index (χ4n) is 2.72. The van der Waals surface area contributed by atoms with Gasteiger partial charge in [-0.15, -0.1) is 0 Å². The number of thioether (sulfide) groups is 1. The first-order valence-corrected chi connectivity index (χ1v) is 8.14. The highest BCUT2D eigenvalue weighted by atomic mass is 32.2. The summed E-state index contributed by atoms with van der Waals surface area (Å²) in [6, 6.07) is 6.86. The van der Waals surface area contributed by atoms with E-state index in [1.54, 1.807) is 6.08 Å². The molecule has 0 bridgehead atoms. The summed E-state index contributed by atoms with van der Waals surface area (Å²) < 4.78 is 6.58. The summed E-state index contributed by atoms with van der Waals surface area (Å²) in [4.78, 5) is 37.5. The van der Waals surface area contributed by atoms with Gasteiger partial charge >= 0.3 is 5.97 Å². The molecule has 0 saturated carbocycles. The summed E-state index contributed by atoms with van der Waals surface area (Å²) in [5, 5.41) is 0.525. The first kappa shape index (κ1) is 16.3. The van der Waals surface area contributed by atoms with Crippen molar-refractivity contribution in [3.63, 3.8) is 0 Å². The number of imide groups is 1. The van der Waals surface area contributed by atoms with E-state index in [1.165, 1.54) is 14.0 Å². The Labute approximate surface area is 143 Å². The van der Waals surface area contributed by atoms with Crippen molar-refractivity contribution in [1.82, 2.24) is 9.47 Å². The minimum atomic E-state index is -0.944. The molecule has 2 heterocycles. The number of rotatable bonds is 3. The average molecular weight is 344 g/mol. The minimum absolute atomic E-state index is 0.298. The Bertz CT molecular complexity index is 884. The van der Waals surface area contributed by atoms with Gasteiger partial charge in [-0.25, -0.2) is 4.79 Å². The summed E-state index contributed by atoms with van der Waals surface area (Å²) >= 11 is 0.832. The molecule has 1 atom stereocenters. The van der Waals surface area contributed by atoms with Gasteiger partial charge in [-0.1, -0.05) is 18.2 Å². The molecule has 0 unspecified atom stereocenters. The van der Waals surface area contributed by atoms with Crippen molar-refractivity contribution in [2.75, 3.05) is 7.11 Å². The molecule has 2 aromatic rings. The highest BCUT2D eigenvalue weighted by Crippen LogP contribution is 2.35. The molecule has 0 spiro atoms. The third-order valence-electron chi connectivity index (χ3n) is 3.97. The fourth-order valence-corrected chi connectivity index (χ4v) is 3.62. The van der Waals surface area contributed by atoms with E-state index in [-0.39, 0.29) is 0 Å². The fraction of sp³-hybridized carbons (Fsp3) is 0.235. The Morgan fingerprint density at radius 1 is 1.29 bits per heavy atom. The SMILES string of the molecule is COC(=O)[C@@H](C)N1C(=O)S/C(=C\c2cn(C)c3ccccc23)C1=O. The summed E-state index contributed by atoms with van der Waals surface area (Å²) in [6.45, 7) is 1.48. The number of ether oxygens (including phenoxy) is 1. The molecule has 2 amide bonds. The highest BCUT2D eigenvalue weighted by molar-refractivity contribution is 8.18. The van der Waals surface area contributed by atoms with Gasteiger partial charge < -0.3 is 9.30 Å². The summed E-state index contributed by atoms with van der Waals surface area (Å²) in [7, 11) is 3.15. The Hall–Kier alpha value is -2.54. The largest absolute Gasteiger partial charge is 0.467 e. The number of nitrogens with zero attached hydrogens (tertiary/aromatic N) is 2. The van der Waals surface area contributed by atoms with Gasteiger partial charge in [0, 0.05) is 29.7 Å². The maximum atomic E-state index is 12.5. The molecule has 0 N–H and O–H groups in total. The van der Waals surface area contributed by atoms with Crippen LogP contribution in [0.4, 0.5) is 4.79 Å². The first-order valence-electron chi connectivity index (χ1n) is 7.33. The molecule has 1 saturated heterocycles. The molecule has 1 aliphatic rings. The number of hydrogen-bond donors (Lipinski definition) is 0. The lowest BCUT2D eigenvalue weighted by Crippen LogP contribution is -2.42. The van der Waals surface area contributed by atoms with E-state index in [0.717, 1.165) is 33.1 Å². The van der Waals surface area contributed by atoms with Crippen LogP contribution >= 0.6 is 11.8 Å². The number of aromatic nitrogens is 1. The Kier molecular flexibility index (Phi) is 4.19. The van der Waals surface area contributed by atoms with Crippen molar-refractivity contribution >= 4 is 45.9 Å². The number of esters is 1. The first-order chi connectivity index (χ1) is 11.4. The van der Waals surface area contributed by atoms with Crippen LogP contribution < -0.4 is 0 Å². The molecule has 1 fully saturated rings. The molecule has 0 aliphatic carbocycles. The van der Waals surface area contributed by atoms with Crippen LogP contribution in [-0.2, 0) is 21.4 Å². The van der Waals surface area contributed by atoms with Gasteiger partial charge in [0.25, 0.3) is 11.1 Å². The van der Waals surface area contributed by atoms with Crippen LogP contribution in [0.3, 0.4) is 0 Å². The molecule has 3 rings (SSSR count). The van der Waals surface area contributed by atoms with Crippen molar-refractivity contribution in [2.24, 2.45) is 7.05 Å². The lowest BCUT2D eigenvalue weighted by Gasteiger charge is -2.18. The number of aryl methyl sites for hydroxylation is 1. The van der Waals surface area contributed by atoms with Crippen LogP contribution in [0.2, 0.25) is 0 Å². The average Bonchev–Trinajstić information content (AvgIpc) is 3.04. The third kappa shape index (κ3) is 2.60. The van der Waals surface area contributed by atoms with E-state index < -0.39 is 23.2 Å². The van der Waals surface area contributed by atoms with Crippen LogP contribution in [0.5, 0.6) is 0 Å². The Morgan fingerprint density at radius 2 is 2.00 bits per heavy atom.